The number of unbranched alkanes of at least 4 members (excludes halogenated alkanes) is 2. The van der Waals surface area contributed by atoms with E-state index in [1.54, 1.807) is 0 Å². The number of aliphatic hydroxyl groups excluding tert-OH is 1. The molecule has 0 aliphatic heterocycles. The number of ether oxygens (including phenoxy) is 1. The van der Waals surface area contributed by atoms with E-state index >= 15 is 0 Å². The van der Waals surface area contributed by atoms with Crippen LogP contribution in [0.5, 0.6) is 5.75 Å². The van der Waals surface area contributed by atoms with Crippen molar-refractivity contribution in [1.82, 2.24) is 5.32 Å². The SMILES string of the molecule is CNC(C)c1ccc(OCCCCCO)c(Br)c1. The van der Waals surface area contributed by atoms with Gasteiger partial charge in [-0.2, -0.15) is 0 Å². The molecule has 102 valence electrons. The number of halogens is 1. The molecule has 1 aromatic carbocycles. The summed E-state index contributed by atoms with van der Waals surface area (Å²) in [7, 11) is 1.95. The minimum atomic E-state index is 0.264. The van der Waals surface area contributed by atoms with Crippen molar-refractivity contribution in [3.8, 4) is 5.75 Å². The lowest BCUT2D eigenvalue weighted by Gasteiger charge is -2.13. The highest BCUT2D eigenvalue weighted by Crippen LogP contribution is 2.28. The van der Waals surface area contributed by atoms with Crippen molar-refractivity contribution in [3.63, 3.8) is 0 Å². The average molecular weight is 316 g/mol. The van der Waals surface area contributed by atoms with Gasteiger partial charge in [-0.15, -0.1) is 0 Å². The monoisotopic (exact) mass is 315 g/mol. The third kappa shape index (κ3) is 4.96. The standard InChI is InChI=1S/C14H22BrNO2/c1-11(16-2)12-6-7-14(13(15)10-12)18-9-5-3-4-8-17/h6-7,10-11,16-17H,3-5,8-9H2,1-2H3. The highest BCUT2D eigenvalue weighted by molar-refractivity contribution is 9.10. The van der Waals surface area contributed by atoms with Crippen molar-refractivity contribution in [2.45, 2.75) is 32.2 Å². The van der Waals surface area contributed by atoms with E-state index in [1.165, 1.54) is 5.56 Å². The minimum Gasteiger partial charge on any atom is -0.492 e. The summed E-state index contributed by atoms with van der Waals surface area (Å²) in [4.78, 5) is 0. The van der Waals surface area contributed by atoms with Crippen LogP contribution in [0.25, 0.3) is 0 Å². The van der Waals surface area contributed by atoms with Crippen LogP contribution in [0.4, 0.5) is 0 Å². The molecule has 4 heteroatoms. The molecule has 0 aliphatic carbocycles. The van der Waals surface area contributed by atoms with Gasteiger partial charge in [-0.3, -0.25) is 0 Å². The molecule has 1 rings (SSSR count). The van der Waals surface area contributed by atoms with Crippen LogP contribution in [0.3, 0.4) is 0 Å². The highest BCUT2D eigenvalue weighted by Gasteiger charge is 2.06. The van der Waals surface area contributed by atoms with E-state index in [0.29, 0.717) is 12.6 Å². The zero-order valence-corrected chi connectivity index (χ0v) is 12.7. The van der Waals surface area contributed by atoms with Gasteiger partial charge in [-0.05, 0) is 66.9 Å². The quantitative estimate of drug-likeness (QED) is 0.723. The fourth-order valence-electron chi connectivity index (χ4n) is 1.64. The zero-order valence-electron chi connectivity index (χ0n) is 11.1. The molecule has 0 amide bonds. The first kappa shape index (κ1) is 15.5. The van der Waals surface area contributed by atoms with Crippen LogP contribution in [0, 0.1) is 0 Å². The van der Waals surface area contributed by atoms with Crippen molar-refractivity contribution < 1.29 is 9.84 Å². The van der Waals surface area contributed by atoms with Crippen molar-refractivity contribution in [3.05, 3.63) is 28.2 Å². The van der Waals surface area contributed by atoms with E-state index in [2.05, 4.69) is 40.3 Å². The van der Waals surface area contributed by atoms with Gasteiger partial charge in [0.25, 0.3) is 0 Å². The molecule has 1 aromatic rings. The molecule has 0 spiro atoms. The van der Waals surface area contributed by atoms with Crippen LogP contribution < -0.4 is 10.1 Å². The summed E-state index contributed by atoms with van der Waals surface area (Å²) in [5.41, 5.74) is 1.23. The first-order chi connectivity index (χ1) is 8.69. The summed E-state index contributed by atoms with van der Waals surface area (Å²) in [6.07, 6.45) is 2.83. The fourth-order valence-corrected chi connectivity index (χ4v) is 2.15. The Balaban J connectivity index is 2.47. The van der Waals surface area contributed by atoms with Crippen LogP contribution in [-0.4, -0.2) is 25.4 Å². The first-order valence-electron chi connectivity index (χ1n) is 6.39. The molecule has 3 nitrogen and oxygen atoms in total. The maximum absolute atomic E-state index is 8.68. The minimum absolute atomic E-state index is 0.264. The number of hydrogen-bond acceptors (Lipinski definition) is 3. The lowest BCUT2D eigenvalue weighted by Crippen LogP contribution is -2.12. The molecule has 0 heterocycles. The Labute approximate surface area is 118 Å². The predicted octanol–water partition coefficient (Wildman–Crippen LogP) is 3.27. The fraction of sp³-hybridized carbons (Fsp3) is 0.571. The Morgan fingerprint density at radius 1 is 1.33 bits per heavy atom. The van der Waals surface area contributed by atoms with Crippen LogP contribution >= 0.6 is 15.9 Å². The van der Waals surface area contributed by atoms with Gasteiger partial charge in [0.2, 0.25) is 0 Å². The summed E-state index contributed by atoms with van der Waals surface area (Å²) in [5, 5.41) is 11.9. The van der Waals surface area contributed by atoms with Crippen molar-refractivity contribution in [2.75, 3.05) is 20.3 Å². The van der Waals surface area contributed by atoms with E-state index in [1.807, 2.05) is 13.1 Å². The van der Waals surface area contributed by atoms with E-state index in [4.69, 9.17) is 9.84 Å². The summed E-state index contributed by atoms with van der Waals surface area (Å²) >= 11 is 3.53. The van der Waals surface area contributed by atoms with Crippen LogP contribution in [0.2, 0.25) is 0 Å². The van der Waals surface area contributed by atoms with E-state index < -0.39 is 0 Å². The van der Waals surface area contributed by atoms with Crippen LogP contribution in [0.1, 0.15) is 37.8 Å². The van der Waals surface area contributed by atoms with Gasteiger partial charge in [-0.25, -0.2) is 0 Å². The van der Waals surface area contributed by atoms with Gasteiger partial charge in [0, 0.05) is 12.6 Å². The van der Waals surface area contributed by atoms with Gasteiger partial charge in [-0.1, -0.05) is 6.07 Å². The molecule has 18 heavy (non-hydrogen) atoms. The van der Waals surface area contributed by atoms with Crippen LogP contribution in [-0.2, 0) is 0 Å². The second-order valence-corrected chi connectivity index (χ2v) is 5.19. The van der Waals surface area contributed by atoms with E-state index in [0.717, 1.165) is 29.5 Å². The Hall–Kier alpha value is -0.580. The van der Waals surface area contributed by atoms with E-state index in [-0.39, 0.29) is 6.61 Å². The lowest BCUT2D eigenvalue weighted by atomic mass is 10.1. The average Bonchev–Trinajstić information content (AvgIpc) is 2.39. The maximum Gasteiger partial charge on any atom is 0.133 e. The summed E-state index contributed by atoms with van der Waals surface area (Å²) in [6.45, 7) is 3.08. The summed E-state index contributed by atoms with van der Waals surface area (Å²) in [6, 6.07) is 6.50. The Bertz CT molecular complexity index is 358. The third-order valence-electron chi connectivity index (χ3n) is 2.95. The topological polar surface area (TPSA) is 41.5 Å². The van der Waals surface area contributed by atoms with Crippen LogP contribution in [0.15, 0.2) is 22.7 Å². The number of hydrogen-bond donors (Lipinski definition) is 2. The van der Waals surface area contributed by atoms with Gasteiger partial charge in [0.15, 0.2) is 0 Å². The highest BCUT2D eigenvalue weighted by atomic mass is 79.9. The Morgan fingerprint density at radius 2 is 2.11 bits per heavy atom. The molecular formula is C14H22BrNO2. The zero-order chi connectivity index (χ0) is 13.4. The molecule has 0 saturated heterocycles. The molecule has 0 saturated carbocycles. The first-order valence-corrected chi connectivity index (χ1v) is 7.18. The second-order valence-electron chi connectivity index (χ2n) is 4.33. The smallest absolute Gasteiger partial charge is 0.133 e. The number of aliphatic hydroxyl groups is 1. The van der Waals surface area contributed by atoms with Gasteiger partial charge >= 0.3 is 0 Å². The number of rotatable bonds is 8. The van der Waals surface area contributed by atoms with Crippen molar-refractivity contribution >= 4 is 15.9 Å². The molecular weight excluding hydrogens is 294 g/mol. The third-order valence-corrected chi connectivity index (χ3v) is 3.57. The molecule has 0 radical (unpaired) electrons. The number of nitrogens with one attached hydrogen (secondary N) is 1. The molecule has 2 N–H and O–H groups in total. The predicted molar refractivity (Wildman–Crippen MR) is 78.0 cm³/mol. The Morgan fingerprint density at radius 3 is 2.72 bits per heavy atom. The molecule has 1 atom stereocenters. The van der Waals surface area contributed by atoms with Crippen molar-refractivity contribution in [1.29, 1.82) is 0 Å². The lowest BCUT2D eigenvalue weighted by molar-refractivity contribution is 0.265. The van der Waals surface area contributed by atoms with Gasteiger partial charge in [0.1, 0.15) is 5.75 Å². The molecule has 0 aromatic heterocycles. The maximum atomic E-state index is 8.68. The van der Waals surface area contributed by atoms with Gasteiger partial charge in [0.05, 0.1) is 11.1 Å². The molecule has 1 unspecified atom stereocenters. The van der Waals surface area contributed by atoms with Gasteiger partial charge < -0.3 is 15.2 Å². The molecule has 0 bridgehead atoms. The van der Waals surface area contributed by atoms with E-state index in [9.17, 15) is 0 Å². The largest absolute Gasteiger partial charge is 0.492 e. The Kier molecular flexibility index (Phi) is 7.32. The second kappa shape index (κ2) is 8.51. The molecule has 0 aliphatic rings. The summed E-state index contributed by atoms with van der Waals surface area (Å²) < 4.78 is 6.69. The molecule has 0 fully saturated rings. The normalized spacial score (nSPS) is 12.4. The van der Waals surface area contributed by atoms with Crippen molar-refractivity contribution in [2.24, 2.45) is 0 Å². The number of benzene rings is 1. The summed E-state index contributed by atoms with van der Waals surface area (Å²) in [5.74, 6) is 0.881.